The highest BCUT2D eigenvalue weighted by Gasteiger charge is 2.08. The molecule has 0 bridgehead atoms. The maximum atomic E-state index is 5.95. The highest BCUT2D eigenvalue weighted by Crippen LogP contribution is 2.28. The number of hydrogen-bond donors (Lipinski definition) is 1. The van der Waals surface area contributed by atoms with E-state index in [9.17, 15) is 0 Å². The van der Waals surface area contributed by atoms with Crippen LogP contribution in [-0.4, -0.2) is 19.8 Å². The number of hydrogen-bond acceptors (Lipinski definition) is 3. The van der Waals surface area contributed by atoms with Crippen LogP contribution in [0.1, 0.15) is 25.3 Å². The summed E-state index contributed by atoms with van der Waals surface area (Å²) >= 11 is 0. The second-order valence-corrected chi connectivity index (χ2v) is 4.16. The summed E-state index contributed by atoms with van der Waals surface area (Å²) in [5.41, 5.74) is 7.10. The molecule has 0 radical (unpaired) electrons. The van der Waals surface area contributed by atoms with Gasteiger partial charge in [0.25, 0.3) is 0 Å². The van der Waals surface area contributed by atoms with E-state index < -0.39 is 0 Å². The van der Waals surface area contributed by atoms with Gasteiger partial charge < -0.3 is 15.2 Å². The van der Waals surface area contributed by atoms with Crippen LogP contribution in [0.5, 0.6) is 11.5 Å². The lowest BCUT2D eigenvalue weighted by Crippen LogP contribution is -2.21. The van der Waals surface area contributed by atoms with Gasteiger partial charge in [-0.05, 0) is 30.5 Å². The van der Waals surface area contributed by atoms with Gasteiger partial charge in [-0.1, -0.05) is 13.0 Å². The van der Waals surface area contributed by atoms with E-state index in [1.807, 2.05) is 18.2 Å². The van der Waals surface area contributed by atoms with Crippen LogP contribution >= 0.6 is 0 Å². The van der Waals surface area contributed by atoms with Crippen molar-refractivity contribution >= 4 is 0 Å². The summed E-state index contributed by atoms with van der Waals surface area (Å²) < 4.78 is 10.9. The second kappa shape index (κ2) is 7.62. The van der Waals surface area contributed by atoms with Crippen LogP contribution in [0.3, 0.4) is 0 Å². The Hall–Kier alpha value is -1.66. The van der Waals surface area contributed by atoms with Crippen molar-refractivity contribution < 1.29 is 9.47 Å². The van der Waals surface area contributed by atoms with E-state index in [0.29, 0.717) is 13.0 Å². The fourth-order valence-corrected chi connectivity index (χ4v) is 1.63. The molecule has 0 fully saturated rings. The van der Waals surface area contributed by atoms with E-state index >= 15 is 0 Å². The Bertz CT molecular complexity index is 409. The van der Waals surface area contributed by atoms with E-state index in [2.05, 4.69) is 12.8 Å². The average Bonchev–Trinajstić information content (AvgIpc) is 2.39. The summed E-state index contributed by atoms with van der Waals surface area (Å²) in [6.07, 6.45) is 7.58. The van der Waals surface area contributed by atoms with E-state index in [0.717, 1.165) is 29.9 Å². The summed E-state index contributed by atoms with van der Waals surface area (Å²) in [4.78, 5) is 0. The predicted molar refractivity (Wildman–Crippen MR) is 73.9 cm³/mol. The zero-order chi connectivity index (χ0) is 13.4. The molecule has 0 heterocycles. The molecule has 1 unspecified atom stereocenters. The first-order valence-electron chi connectivity index (χ1n) is 6.20. The zero-order valence-electron chi connectivity index (χ0n) is 11.1. The van der Waals surface area contributed by atoms with Gasteiger partial charge in [0.2, 0.25) is 0 Å². The van der Waals surface area contributed by atoms with Gasteiger partial charge >= 0.3 is 0 Å². The van der Waals surface area contributed by atoms with Crippen LogP contribution < -0.4 is 15.2 Å². The first-order valence-corrected chi connectivity index (χ1v) is 6.20. The van der Waals surface area contributed by atoms with Crippen molar-refractivity contribution in [1.82, 2.24) is 0 Å². The third-order valence-electron chi connectivity index (χ3n) is 2.75. The third kappa shape index (κ3) is 4.31. The maximum Gasteiger partial charge on any atom is 0.161 e. The minimum atomic E-state index is 0.178. The Balaban J connectivity index is 2.77. The summed E-state index contributed by atoms with van der Waals surface area (Å²) in [6.45, 7) is 2.58. The molecule has 0 spiro atoms. The number of methoxy groups -OCH3 is 1. The fourth-order valence-electron chi connectivity index (χ4n) is 1.63. The maximum absolute atomic E-state index is 5.95. The largest absolute Gasteiger partial charge is 0.493 e. The minimum Gasteiger partial charge on any atom is -0.493 e. The molecule has 1 atom stereocenters. The van der Waals surface area contributed by atoms with Crippen molar-refractivity contribution in [3.05, 3.63) is 23.8 Å². The number of ether oxygens (including phenoxy) is 2. The standard InChI is InChI=1S/C15H21NO2/c1-4-6-9-18-15-11-12(10-13(16)5-2)7-8-14(15)17-3/h1,7-8,11,13H,5-6,9-10,16H2,2-3H3. The third-order valence-corrected chi connectivity index (χ3v) is 2.75. The highest BCUT2D eigenvalue weighted by molar-refractivity contribution is 5.43. The van der Waals surface area contributed by atoms with Crippen molar-refractivity contribution in [2.75, 3.05) is 13.7 Å². The fraction of sp³-hybridized carbons (Fsp3) is 0.467. The number of benzene rings is 1. The second-order valence-electron chi connectivity index (χ2n) is 4.16. The van der Waals surface area contributed by atoms with Crippen LogP contribution in [0.25, 0.3) is 0 Å². The lowest BCUT2D eigenvalue weighted by atomic mass is 10.0. The van der Waals surface area contributed by atoms with Gasteiger partial charge in [-0.25, -0.2) is 0 Å². The smallest absolute Gasteiger partial charge is 0.161 e. The molecule has 98 valence electrons. The van der Waals surface area contributed by atoms with Gasteiger partial charge in [-0.3, -0.25) is 0 Å². The molecular weight excluding hydrogens is 226 g/mol. The lowest BCUT2D eigenvalue weighted by molar-refractivity contribution is 0.301. The average molecular weight is 247 g/mol. The Morgan fingerprint density at radius 1 is 1.39 bits per heavy atom. The monoisotopic (exact) mass is 247 g/mol. The summed E-state index contributed by atoms with van der Waals surface area (Å²) in [6, 6.07) is 6.08. The molecule has 1 aromatic rings. The lowest BCUT2D eigenvalue weighted by Gasteiger charge is -2.13. The molecule has 18 heavy (non-hydrogen) atoms. The van der Waals surface area contributed by atoms with Crippen molar-refractivity contribution in [1.29, 1.82) is 0 Å². The van der Waals surface area contributed by atoms with Crippen LogP contribution in [0.15, 0.2) is 18.2 Å². The van der Waals surface area contributed by atoms with E-state index in [-0.39, 0.29) is 6.04 Å². The minimum absolute atomic E-state index is 0.178. The van der Waals surface area contributed by atoms with Crippen LogP contribution in [0, 0.1) is 12.3 Å². The van der Waals surface area contributed by atoms with Crippen LogP contribution in [0.2, 0.25) is 0 Å². The first-order chi connectivity index (χ1) is 8.71. The number of nitrogens with two attached hydrogens (primary N) is 1. The first kappa shape index (κ1) is 14.4. The van der Waals surface area contributed by atoms with E-state index in [1.54, 1.807) is 7.11 Å². The molecule has 0 amide bonds. The summed E-state index contributed by atoms with van der Waals surface area (Å²) in [5.74, 6) is 4.00. The Morgan fingerprint density at radius 3 is 2.78 bits per heavy atom. The molecule has 0 aromatic heterocycles. The van der Waals surface area contributed by atoms with E-state index in [1.165, 1.54) is 0 Å². The Labute approximate surface area is 109 Å². The van der Waals surface area contributed by atoms with Gasteiger partial charge in [0.1, 0.15) is 0 Å². The van der Waals surface area contributed by atoms with Crippen molar-refractivity contribution in [2.24, 2.45) is 5.73 Å². The quantitative estimate of drug-likeness (QED) is 0.594. The zero-order valence-corrected chi connectivity index (χ0v) is 11.1. The molecule has 0 aliphatic carbocycles. The highest BCUT2D eigenvalue weighted by atomic mass is 16.5. The van der Waals surface area contributed by atoms with Gasteiger partial charge in [0, 0.05) is 12.5 Å². The van der Waals surface area contributed by atoms with Crippen molar-refractivity contribution in [2.45, 2.75) is 32.2 Å². The Morgan fingerprint density at radius 2 is 2.17 bits per heavy atom. The molecule has 1 aromatic carbocycles. The SMILES string of the molecule is C#CCCOc1cc(CC(N)CC)ccc1OC. The summed E-state index contributed by atoms with van der Waals surface area (Å²) in [5, 5.41) is 0. The number of terminal acetylenes is 1. The molecular formula is C15H21NO2. The van der Waals surface area contributed by atoms with Crippen molar-refractivity contribution in [3.63, 3.8) is 0 Å². The summed E-state index contributed by atoms with van der Waals surface area (Å²) in [7, 11) is 1.63. The molecule has 0 saturated carbocycles. The molecule has 3 nitrogen and oxygen atoms in total. The van der Waals surface area contributed by atoms with Gasteiger partial charge in [-0.15, -0.1) is 12.3 Å². The van der Waals surface area contributed by atoms with Crippen molar-refractivity contribution in [3.8, 4) is 23.8 Å². The molecule has 0 aliphatic heterocycles. The van der Waals surface area contributed by atoms with Gasteiger partial charge in [-0.2, -0.15) is 0 Å². The topological polar surface area (TPSA) is 44.5 Å². The molecule has 3 heteroatoms. The van der Waals surface area contributed by atoms with E-state index in [4.69, 9.17) is 21.6 Å². The van der Waals surface area contributed by atoms with Crippen LogP contribution in [0.4, 0.5) is 0 Å². The normalized spacial score (nSPS) is 11.7. The number of rotatable bonds is 7. The predicted octanol–water partition coefficient (Wildman–Crippen LogP) is 2.38. The molecule has 1 rings (SSSR count). The van der Waals surface area contributed by atoms with Gasteiger partial charge in [0.15, 0.2) is 11.5 Å². The molecule has 0 saturated heterocycles. The van der Waals surface area contributed by atoms with Crippen LogP contribution in [-0.2, 0) is 6.42 Å². The molecule has 0 aliphatic rings. The molecule has 2 N–H and O–H groups in total. The Kier molecular flexibility index (Phi) is 6.10. The van der Waals surface area contributed by atoms with Gasteiger partial charge in [0.05, 0.1) is 13.7 Å².